The van der Waals surface area contributed by atoms with Gasteiger partial charge in [-0.2, -0.15) is 0 Å². The first-order chi connectivity index (χ1) is 16.8. The zero-order chi connectivity index (χ0) is 25.1. The zero-order valence-electron chi connectivity index (χ0n) is 18.5. The number of hydrogen-bond donors (Lipinski definition) is 4. The lowest BCUT2D eigenvalue weighted by Gasteiger charge is -2.15. The van der Waals surface area contributed by atoms with Crippen LogP contribution in [0.15, 0.2) is 30.5 Å². The van der Waals surface area contributed by atoms with Crippen LogP contribution in [0.3, 0.4) is 0 Å². The van der Waals surface area contributed by atoms with Crippen molar-refractivity contribution in [2.24, 2.45) is 0 Å². The molecule has 0 spiro atoms. The number of hydrogen-bond acceptors (Lipinski definition) is 6. The van der Waals surface area contributed by atoms with Crippen molar-refractivity contribution >= 4 is 40.1 Å². The molecule has 4 rings (SSSR count). The van der Waals surface area contributed by atoms with E-state index in [1.807, 2.05) is 0 Å². The van der Waals surface area contributed by atoms with Gasteiger partial charge >= 0.3 is 6.03 Å². The van der Waals surface area contributed by atoms with E-state index in [9.17, 15) is 14.0 Å². The predicted octanol–water partition coefficient (Wildman–Crippen LogP) is 3.97. The number of benzene rings is 2. The number of methoxy groups -OCH3 is 1. The van der Waals surface area contributed by atoms with Crippen molar-refractivity contribution in [3.05, 3.63) is 52.7 Å². The Balaban J connectivity index is 1.68. The maximum Gasteiger partial charge on any atom is 0.319 e. The summed E-state index contributed by atoms with van der Waals surface area (Å²) in [7, 11) is 1.37. The highest BCUT2D eigenvalue weighted by atomic mass is 35.5. The molecule has 0 aliphatic heterocycles. The van der Waals surface area contributed by atoms with Crippen LogP contribution >= 0.6 is 11.6 Å². The number of nitrogens with zero attached hydrogens (tertiary/aromatic N) is 1. The van der Waals surface area contributed by atoms with Crippen LogP contribution in [0, 0.1) is 11.6 Å². The van der Waals surface area contributed by atoms with Crippen LogP contribution in [0.2, 0.25) is 5.02 Å². The van der Waals surface area contributed by atoms with Crippen molar-refractivity contribution in [1.82, 2.24) is 15.6 Å². The SMILES string of the molecule is COc1cc2nccc(Oc3c(F)cc(NC(=O)NC4CC4)c(Cl)c3F)c2cc1C(=O)NCCO. The number of pyridine rings is 1. The van der Waals surface area contributed by atoms with Gasteiger partial charge in [-0.25, -0.2) is 13.6 Å². The first-order valence-corrected chi connectivity index (χ1v) is 11.0. The van der Waals surface area contributed by atoms with Crippen LogP contribution in [-0.4, -0.2) is 48.3 Å². The van der Waals surface area contributed by atoms with E-state index in [-0.39, 0.29) is 47.3 Å². The van der Waals surface area contributed by atoms with Gasteiger partial charge in [-0.05, 0) is 25.0 Å². The van der Waals surface area contributed by atoms with Gasteiger partial charge < -0.3 is 30.5 Å². The Morgan fingerprint density at radius 3 is 2.69 bits per heavy atom. The molecule has 2 aromatic carbocycles. The molecule has 9 nitrogen and oxygen atoms in total. The summed E-state index contributed by atoms with van der Waals surface area (Å²) in [6.45, 7) is -0.242. The molecule has 0 saturated heterocycles. The second-order valence-corrected chi connectivity index (χ2v) is 8.07. The van der Waals surface area contributed by atoms with E-state index >= 15 is 4.39 Å². The van der Waals surface area contributed by atoms with Gasteiger partial charge in [0.15, 0.2) is 17.4 Å². The number of ether oxygens (including phenoxy) is 2. The van der Waals surface area contributed by atoms with Crippen molar-refractivity contribution in [2.75, 3.05) is 25.6 Å². The van der Waals surface area contributed by atoms with E-state index in [1.54, 1.807) is 0 Å². The van der Waals surface area contributed by atoms with Crippen molar-refractivity contribution in [2.45, 2.75) is 18.9 Å². The van der Waals surface area contributed by atoms with Crippen LogP contribution in [0.25, 0.3) is 10.9 Å². The number of fused-ring (bicyclic) bond motifs is 1. The number of urea groups is 1. The van der Waals surface area contributed by atoms with E-state index in [0.29, 0.717) is 5.52 Å². The molecule has 0 radical (unpaired) electrons. The molecule has 0 atom stereocenters. The number of aliphatic hydroxyl groups is 1. The average Bonchev–Trinajstić information content (AvgIpc) is 3.66. The van der Waals surface area contributed by atoms with Gasteiger partial charge in [0, 0.05) is 36.3 Å². The third-order valence-electron chi connectivity index (χ3n) is 5.15. The number of anilines is 1. The standard InChI is InChI=1S/C23H21ClF2N4O5/c1-34-18-10-15-12(8-13(18)22(32)28-6-7-31)17(4-5-27-15)35-21-14(25)9-16(19(24)20(21)26)30-23(33)29-11-2-3-11/h4-5,8-11,31H,2-3,6-7H2,1H3,(H,28,32)(H2,29,30,33). The number of carbonyl (C=O) groups is 2. The zero-order valence-corrected chi connectivity index (χ0v) is 19.2. The first kappa shape index (κ1) is 24.4. The lowest BCUT2D eigenvalue weighted by Crippen LogP contribution is -2.30. The molecule has 184 valence electrons. The van der Waals surface area contributed by atoms with E-state index in [1.165, 1.54) is 31.5 Å². The molecular weight excluding hydrogens is 486 g/mol. The van der Waals surface area contributed by atoms with Gasteiger partial charge in [-0.3, -0.25) is 9.78 Å². The van der Waals surface area contributed by atoms with E-state index in [2.05, 4.69) is 20.9 Å². The van der Waals surface area contributed by atoms with Gasteiger partial charge in [0.25, 0.3) is 5.91 Å². The molecule has 1 heterocycles. The average molecular weight is 507 g/mol. The van der Waals surface area contributed by atoms with E-state index in [4.69, 9.17) is 26.2 Å². The van der Waals surface area contributed by atoms with Crippen molar-refractivity contribution < 1.29 is 33.0 Å². The van der Waals surface area contributed by atoms with Gasteiger partial charge in [0.05, 0.1) is 30.5 Å². The molecular formula is C23H21ClF2N4O5. The minimum atomic E-state index is -1.22. The molecule has 0 unspecified atom stereocenters. The summed E-state index contributed by atoms with van der Waals surface area (Å²) in [6.07, 6.45) is 3.04. The summed E-state index contributed by atoms with van der Waals surface area (Å²) >= 11 is 6.04. The summed E-state index contributed by atoms with van der Waals surface area (Å²) < 4.78 is 40.7. The van der Waals surface area contributed by atoms with Gasteiger partial charge in [0.2, 0.25) is 0 Å². The molecule has 4 N–H and O–H groups in total. The van der Waals surface area contributed by atoms with Crippen LogP contribution < -0.4 is 25.4 Å². The Hall–Kier alpha value is -3.70. The van der Waals surface area contributed by atoms with Gasteiger partial charge in [-0.15, -0.1) is 0 Å². The van der Waals surface area contributed by atoms with Crippen molar-refractivity contribution in [3.8, 4) is 17.2 Å². The fraction of sp³-hybridized carbons (Fsp3) is 0.261. The maximum absolute atomic E-state index is 15.0. The van der Waals surface area contributed by atoms with Crippen LogP contribution in [0.5, 0.6) is 17.2 Å². The second-order valence-electron chi connectivity index (χ2n) is 7.70. The number of aromatic nitrogens is 1. The molecule has 0 bridgehead atoms. The summed E-state index contributed by atoms with van der Waals surface area (Å²) in [5.74, 6) is -3.45. The molecule has 12 heteroatoms. The fourth-order valence-corrected chi connectivity index (χ4v) is 3.48. The summed E-state index contributed by atoms with van der Waals surface area (Å²) in [4.78, 5) is 28.6. The Labute approximate surface area is 203 Å². The van der Waals surface area contributed by atoms with Crippen LogP contribution in [0.1, 0.15) is 23.2 Å². The van der Waals surface area contributed by atoms with Crippen LogP contribution in [-0.2, 0) is 0 Å². The molecule has 3 amide bonds. The summed E-state index contributed by atoms with van der Waals surface area (Å²) in [5, 5.41) is 16.2. The Bertz CT molecular complexity index is 1300. The van der Waals surface area contributed by atoms with Crippen molar-refractivity contribution in [1.29, 1.82) is 0 Å². The number of aliphatic hydroxyl groups excluding tert-OH is 1. The number of rotatable bonds is 8. The minimum Gasteiger partial charge on any atom is -0.496 e. The number of amides is 3. The van der Waals surface area contributed by atoms with Gasteiger partial charge in [0.1, 0.15) is 16.5 Å². The Morgan fingerprint density at radius 2 is 2.00 bits per heavy atom. The molecule has 1 fully saturated rings. The smallest absolute Gasteiger partial charge is 0.319 e. The maximum atomic E-state index is 15.0. The normalized spacial score (nSPS) is 12.8. The summed E-state index contributed by atoms with van der Waals surface area (Å²) in [5.41, 5.74) is 0.186. The second kappa shape index (κ2) is 10.3. The first-order valence-electron chi connectivity index (χ1n) is 10.6. The largest absolute Gasteiger partial charge is 0.496 e. The van der Waals surface area contributed by atoms with Crippen LogP contribution in [0.4, 0.5) is 19.3 Å². The highest BCUT2D eigenvalue weighted by Crippen LogP contribution is 2.39. The third kappa shape index (κ3) is 5.36. The topological polar surface area (TPSA) is 122 Å². The predicted molar refractivity (Wildman–Crippen MR) is 124 cm³/mol. The Kier molecular flexibility index (Phi) is 7.17. The molecule has 35 heavy (non-hydrogen) atoms. The molecule has 1 saturated carbocycles. The number of halogens is 3. The van der Waals surface area contributed by atoms with E-state index in [0.717, 1.165) is 18.9 Å². The van der Waals surface area contributed by atoms with Crippen molar-refractivity contribution in [3.63, 3.8) is 0 Å². The fourth-order valence-electron chi connectivity index (χ4n) is 3.29. The number of carbonyl (C=O) groups excluding carboxylic acids is 2. The molecule has 3 aromatic rings. The highest BCUT2D eigenvalue weighted by Gasteiger charge is 2.26. The molecule has 1 aliphatic carbocycles. The van der Waals surface area contributed by atoms with Gasteiger partial charge in [-0.1, -0.05) is 11.6 Å². The monoisotopic (exact) mass is 506 g/mol. The van der Waals surface area contributed by atoms with E-state index < -0.39 is 34.3 Å². The lowest BCUT2D eigenvalue weighted by molar-refractivity contribution is 0.0942. The Morgan fingerprint density at radius 1 is 1.23 bits per heavy atom. The lowest BCUT2D eigenvalue weighted by atomic mass is 10.1. The minimum absolute atomic E-state index is 0.00471. The molecule has 1 aromatic heterocycles. The third-order valence-corrected chi connectivity index (χ3v) is 5.52. The quantitative estimate of drug-likeness (QED) is 0.343. The molecule has 1 aliphatic rings. The summed E-state index contributed by atoms with van der Waals surface area (Å²) in [6, 6.07) is 4.52. The highest BCUT2D eigenvalue weighted by molar-refractivity contribution is 6.34. The number of nitrogens with one attached hydrogen (secondary N) is 3.